The van der Waals surface area contributed by atoms with E-state index in [2.05, 4.69) is 16.3 Å². The minimum atomic E-state index is -1.00. The van der Waals surface area contributed by atoms with Gasteiger partial charge in [0.25, 0.3) is 0 Å². The largest absolute Gasteiger partial charge is 0.478 e. The lowest BCUT2D eigenvalue weighted by Gasteiger charge is -2.32. The van der Waals surface area contributed by atoms with Crippen LogP contribution in [0.5, 0.6) is 0 Å². The van der Waals surface area contributed by atoms with Crippen molar-refractivity contribution in [3.8, 4) is 6.07 Å². The number of nitriles is 1. The van der Waals surface area contributed by atoms with Crippen LogP contribution < -0.4 is 0 Å². The van der Waals surface area contributed by atoms with Crippen molar-refractivity contribution >= 4 is 34.1 Å². The number of aliphatic carboxylic acids is 1. The van der Waals surface area contributed by atoms with Gasteiger partial charge in [0.05, 0.1) is 22.5 Å². The Morgan fingerprint density at radius 2 is 1.86 bits per heavy atom. The van der Waals surface area contributed by atoms with Crippen molar-refractivity contribution in [1.82, 2.24) is 10.2 Å². The first-order valence-electron chi connectivity index (χ1n) is 11.9. The molecular formula is C30H24FN3O2. The van der Waals surface area contributed by atoms with E-state index in [1.54, 1.807) is 6.08 Å². The van der Waals surface area contributed by atoms with Gasteiger partial charge in [-0.25, -0.2) is 4.79 Å². The van der Waals surface area contributed by atoms with Crippen LogP contribution in [0.25, 0.3) is 28.1 Å². The van der Waals surface area contributed by atoms with Crippen LogP contribution in [-0.2, 0) is 4.79 Å². The summed E-state index contributed by atoms with van der Waals surface area (Å²) in [4.78, 5) is 10.9. The maximum Gasteiger partial charge on any atom is 0.328 e. The van der Waals surface area contributed by atoms with E-state index in [-0.39, 0.29) is 0 Å². The monoisotopic (exact) mass is 477 g/mol. The quantitative estimate of drug-likeness (QED) is 0.238. The zero-order valence-electron chi connectivity index (χ0n) is 19.8. The highest BCUT2D eigenvalue weighted by Gasteiger charge is 2.28. The van der Waals surface area contributed by atoms with Crippen LogP contribution in [0, 0.1) is 30.1 Å². The maximum absolute atomic E-state index is 14.5. The number of carbonyl (C=O) groups is 1. The first-order valence-corrected chi connectivity index (χ1v) is 11.9. The van der Waals surface area contributed by atoms with Crippen molar-refractivity contribution in [3.05, 3.63) is 106 Å². The number of nitrogens with zero attached hydrogens (tertiary/aromatic N) is 2. The minimum Gasteiger partial charge on any atom is -0.478 e. The van der Waals surface area contributed by atoms with E-state index in [0.29, 0.717) is 22.4 Å². The first kappa shape index (κ1) is 23.3. The minimum absolute atomic E-state index is 0.336. The summed E-state index contributed by atoms with van der Waals surface area (Å²) in [6.45, 7) is 2.02. The molecule has 4 aromatic rings. The number of rotatable bonds is 6. The van der Waals surface area contributed by atoms with E-state index >= 15 is 0 Å². The Morgan fingerprint density at radius 1 is 1.11 bits per heavy atom. The molecule has 0 bridgehead atoms. The van der Waals surface area contributed by atoms with E-state index in [1.807, 2.05) is 67.6 Å². The van der Waals surface area contributed by atoms with Crippen molar-refractivity contribution in [3.63, 3.8) is 0 Å². The summed E-state index contributed by atoms with van der Waals surface area (Å²) in [5.41, 5.74) is 8.13. The predicted octanol–water partition coefficient (Wildman–Crippen LogP) is 6.74. The zero-order chi connectivity index (χ0) is 25.2. The molecule has 1 aromatic heterocycles. The molecule has 1 aliphatic rings. The van der Waals surface area contributed by atoms with Crippen molar-refractivity contribution in [2.24, 2.45) is 5.92 Å². The Morgan fingerprint density at radius 3 is 2.50 bits per heavy atom. The number of fused-ring (bicyclic) bond motifs is 1. The number of hydrogen-bond acceptors (Lipinski definition) is 3. The third kappa shape index (κ3) is 4.44. The molecule has 178 valence electrons. The van der Waals surface area contributed by atoms with Gasteiger partial charge in [0.1, 0.15) is 0 Å². The van der Waals surface area contributed by atoms with Crippen LogP contribution in [0.1, 0.15) is 52.6 Å². The highest BCUT2D eigenvalue weighted by molar-refractivity contribution is 6.02. The molecule has 36 heavy (non-hydrogen) atoms. The molecule has 0 aliphatic heterocycles. The van der Waals surface area contributed by atoms with Crippen LogP contribution in [0.2, 0.25) is 0 Å². The molecule has 5 nitrogen and oxygen atoms in total. The molecule has 0 atom stereocenters. The molecule has 1 heterocycles. The van der Waals surface area contributed by atoms with Crippen LogP contribution >= 0.6 is 0 Å². The number of aromatic nitrogens is 2. The average molecular weight is 478 g/mol. The summed E-state index contributed by atoms with van der Waals surface area (Å²) in [5.74, 6) is -1.21. The number of aromatic amines is 1. The Labute approximate surface area is 208 Å². The van der Waals surface area contributed by atoms with E-state index in [9.17, 15) is 14.4 Å². The molecule has 1 aliphatic carbocycles. The molecule has 6 heteroatoms. The highest BCUT2D eigenvalue weighted by atomic mass is 19.1. The van der Waals surface area contributed by atoms with Gasteiger partial charge >= 0.3 is 5.97 Å². The Bertz CT molecular complexity index is 1570. The molecule has 3 aromatic carbocycles. The van der Waals surface area contributed by atoms with Crippen LogP contribution in [0.15, 0.2) is 66.7 Å². The van der Waals surface area contributed by atoms with Crippen molar-refractivity contribution in [2.75, 3.05) is 0 Å². The lowest BCUT2D eigenvalue weighted by Crippen LogP contribution is -2.16. The second-order valence-electron chi connectivity index (χ2n) is 9.13. The molecule has 2 N–H and O–H groups in total. The summed E-state index contributed by atoms with van der Waals surface area (Å²) < 4.78 is 14.5. The number of nitrogens with one attached hydrogen (secondary N) is 1. The second kappa shape index (κ2) is 9.63. The molecule has 0 amide bonds. The molecule has 1 fully saturated rings. The predicted molar refractivity (Wildman–Crippen MR) is 138 cm³/mol. The number of benzene rings is 3. The lowest BCUT2D eigenvalue weighted by atomic mass is 9.72. The summed E-state index contributed by atoms with van der Waals surface area (Å²) in [7, 11) is 0. The van der Waals surface area contributed by atoms with Gasteiger partial charge in [0.15, 0.2) is 0 Å². The smallest absolute Gasteiger partial charge is 0.328 e. The number of allylic oxidation sites excluding steroid dienone is 1. The van der Waals surface area contributed by atoms with Gasteiger partial charge in [0, 0.05) is 6.08 Å². The molecule has 0 unspecified atom stereocenters. The molecule has 0 radical (unpaired) electrons. The number of hydrogen-bond donors (Lipinski definition) is 2. The van der Waals surface area contributed by atoms with Crippen LogP contribution in [0.3, 0.4) is 0 Å². The van der Waals surface area contributed by atoms with Crippen molar-refractivity contribution in [2.45, 2.75) is 26.2 Å². The fourth-order valence-corrected chi connectivity index (χ4v) is 4.83. The molecular weight excluding hydrogens is 453 g/mol. The topological polar surface area (TPSA) is 89.8 Å². The SMILES string of the molecule is Cc1cc(C#N)ccc1/C(=C(\c1ccc(/C=C/C(=O)O)cc1)c1ccc2[nH]nc(F)c2c1)C1CCC1. The third-order valence-corrected chi connectivity index (χ3v) is 6.85. The molecule has 1 saturated carbocycles. The highest BCUT2D eigenvalue weighted by Crippen LogP contribution is 2.46. The lowest BCUT2D eigenvalue weighted by molar-refractivity contribution is -0.131. The number of halogens is 1. The second-order valence-corrected chi connectivity index (χ2v) is 9.13. The summed E-state index contributed by atoms with van der Waals surface area (Å²) in [6.07, 6.45) is 5.92. The fourth-order valence-electron chi connectivity index (χ4n) is 4.83. The number of carboxylic acids is 1. The molecule has 0 saturated heterocycles. The van der Waals surface area contributed by atoms with Crippen LogP contribution in [0.4, 0.5) is 4.39 Å². The van der Waals surface area contributed by atoms with Gasteiger partial charge in [-0.15, -0.1) is 5.10 Å². The summed E-state index contributed by atoms with van der Waals surface area (Å²) in [5, 5.41) is 25.2. The number of H-pyrrole nitrogens is 1. The average Bonchev–Trinajstić information content (AvgIpc) is 3.22. The van der Waals surface area contributed by atoms with E-state index in [0.717, 1.165) is 58.7 Å². The first-order chi connectivity index (χ1) is 17.4. The van der Waals surface area contributed by atoms with Crippen LogP contribution in [-0.4, -0.2) is 21.3 Å². The summed E-state index contributed by atoms with van der Waals surface area (Å²) in [6, 6.07) is 21.4. The molecule has 5 rings (SSSR count). The van der Waals surface area contributed by atoms with Gasteiger partial charge in [-0.1, -0.05) is 42.8 Å². The summed E-state index contributed by atoms with van der Waals surface area (Å²) >= 11 is 0. The van der Waals surface area contributed by atoms with Crippen molar-refractivity contribution in [1.29, 1.82) is 5.26 Å². The normalized spacial score (nSPS) is 14.5. The molecule has 0 spiro atoms. The van der Waals surface area contributed by atoms with Gasteiger partial charge in [-0.05, 0) is 95.0 Å². The van der Waals surface area contributed by atoms with Crippen molar-refractivity contribution < 1.29 is 14.3 Å². The van der Waals surface area contributed by atoms with E-state index in [4.69, 9.17) is 5.11 Å². The number of aryl methyl sites for hydroxylation is 1. The maximum atomic E-state index is 14.5. The number of carboxylic acid groups (broad SMARTS) is 1. The Kier molecular flexibility index (Phi) is 6.22. The zero-order valence-corrected chi connectivity index (χ0v) is 19.8. The Balaban J connectivity index is 1.77. The van der Waals surface area contributed by atoms with E-state index < -0.39 is 11.9 Å². The van der Waals surface area contributed by atoms with Gasteiger partial charge in [-0.2, -0.15) is 9.65 Å². The van der Waals surface area contributed by atoms with Gasteiger partial charge in [-0.3, -0.25) is 5.10 Å². The Hall–Kier alpha value is -4.50. The van der Waals surface area contributed by atoms with Gasteiger partial charge in [0.2, 0.25) is 5.95 Å². The van der Waals surface area contributed by atoms with Gasteiger partial charge < -0.3 is 5.11 Å². The van der Waals surface area contributed by atoms with E-state index in [1.165, 1.54) is 5.57 Å². The third-order valence-electron chi connectivity index (χ3n) is 6.85. The standard InChI is InChI=1S/C30H24FN3O2/c1-18-15-20(17-32)7-12-24(18)29(21-3-2-4-21)28(22-9-5-19(6-10-22)8-14-27(35)36)23-11-13-26-25(16-23)30(31)34-33-26/h5-16,21H,2-4H2,1H3,(H,33,34)(H,35,36)/b14-8+,29-28+. The fraction of sp³-hybridized carbons (Fsp3) is 0.167.